The number of nitrogens with one attached hydrogen (secondary N) is 1. The molecule has 0 heterocycles. The Morgan fingerprint density at radius 3 is 2.59 bits per heavy atom. The fourth-order valence-electron chi connectivity index (χ4n) is 1.85. The van der Waals surface area contributed by atoms with E-state index < -0.39 is 5.97 Å². The zero-order valence-electron chi connectivity index (χ0n) is 12.0. The summed E-state index contributed by atoms with van der Waals surface area (Å²) in [5.74, 6) is -0.429. The van der Waals surface area contributed by atoms with Crippen LogP contribution in [0.3, 0.4) is 0 Å². The van der Waals surface area contributed by atoms with Gasteiger partial charge in [0.25, 0.3) is 0 Å². The first kappa shape index (κ1) is 16.5. The molecule has 0 atom stereocenters. The van der Waals surface area contributed by atoms with Crippen LogP contribution in [0.4, 0.5) is 17.1 Å². The first-order chi connectivity index (χ1) is 10.5. The maximum Gasteiger partial charge on any atom is 0.340 e. The van der Waals surface area contributed by atoms with Gasteiger partial charge in [-0.2, -0.15) is 0 Å². The Balaban J connectivity index is 2.32. The molecule has 0 spiro atoms. The van der Waals surface area contributed by atoms with Gasteiger partial charge in [-0.1, -0.05) is 30.1 Å². The fourth-order valence-corrected chi connectivity index (χ4v) is 2.30. The number of carbonyl (C=O) groups is 1. The van der Waals surface area contributed by atoms with Crippen LogP contribution in [-0.2, 0) is 4.74 Å². The summed E-state index contributed by atoms with van der Waals surface area (Å²) in [6, 6.07) is 10.1. The maximum absolute atomic E-state index is 12.1. The highest BCUT2D eigenvalue weighted by atomic mass is 35.5. The van der Waals surface area contributed by atoms with Gasteiger partial charge in [0.1, 0.15) is 0 Å². The minimum absolute atomic E-state index is 0.356. The summed E-state index contributed by atoms with van der Waals surface area (Å²) in [4.78, 5) is 12.1. The van der Waals surface area contributed by atoms with E-state index in [1.165, 1.54) is 0 Å². The summed E-state index contributed by atoms with van der Waals surface area (Å²) in [5, 5.41) is 4.10. The third kappa shape index (κ3) is 4.06. The van der Waals surface area contributed by atoms with E-state index in [4.69, 9.17) is 33.7 Å². The predicted molar refractivity (Wildman–Crippen MR) is 91.2 cm³/mol. The number of ether oxygens (including phenoxy) is 1. The Hall–Kier alpha value is -1.91. The molecule has 0 fully saturated rings. The molecule has 3 N–H and O–H groups in total. The monoisotopic (exact) mass is 338 g/mol. The number of anilines is 3. The predicted octanol–water partition coefficient (Wildman–Crippen LogP) is 4.89. The lowest BCUT2D eigenvalue weighted by Crippen LogP contribution is -2.09. The van der Waals surface area contributed by atoms with Crippen molar-refractivity contribution in [1.29, 1.82) is 0 Å². The second-order valence-corrected chi connectivity index (χ2v) is 5.53. The molecule has 2 rings (SSSR count). The molecular formula is C16H16Cl2N2O2. The third-order valence-corrected chi connectivity index (χ3v) is 3.45. The second-order valence-electron chi connectivity index (χ2n) is 4.69. The maximum atomic E-state index is 12.1. The number of rotatable bonds is 5. The lowest BCUT2D eigenvalue weighted by atomic mass is 10.1. The Morgan fingerprint density at radius 1 is 1.18 bits per heavy atom. The van der Waals surface area contributed by atoms with Crippen molar-refractivity contribution in [3.05, 3.63) is 52.0 Å². The average Bonchev–Trinajstić information content (AvgIpc) is 2.49. The number of benzene rings is 2. The van der Waals surface area contributed by atoms with Gasteiger partial charge >= 0.3 is 5.97 Å². The second kappa shape index (κ2) is 7.38. The molecule has 4 nitrogen and oxygen atoms in total. The molecule has 2 aromatic rings. The summed E-state index contributed by atoms with van der Waals surface area (Å²) in [6.45, 7) is 2.29. The van der Waals surface area contributed by atoms with Crippen LogP contribution in [0.2, 0.25) is 10.0 Å². The Kier molecular flexibility index (Phi) is 5.52. The minimum atomic E-state index is -0.429. The molecule has 6 heteroatoms. The molecule has 0 saturated carbocycles. The number of nitrogen functional groups attached to an aromatic ring is 1. The number of halogens is 2. The summed E-state index contributed by atoms with van der Waals surface area (Å²) in [6.07, 6.45) is 0.750. The third-order valence-electron chi connectivity index (χ3n) is 2.90. The van der Waals surface area contributed by atoms with Crippen LogP contribution >= 0.6 is 23.2 Å². The minimum Gasteiger partial charge on any atom is -0.462 e. The van der Waals surface area contributed by atoms with E-state index in [1.807, 2.05) is 6.92 Å². The zero-order chi connectivity index (χ0) is 16.1. The molecule has 0 bridgehead atoms. The van der Waals surface area contributed by atoms with Crippen LogP contribution in [0.1, 0.15) is 23.7 Å². The van der Waals surface area contributed by atoms with Gasteiger partial charge in [-0.25, -0.2) is 4.79 Å². The molecule has 0 aliphatic heterocycles. The lowest BCUT2D eigenvalue weighted by molar-refractivity contribution is 0.0506. The summed E-state index contributed by atoms with van der Waals surface area (Å²) in [5.41, 5.74) is 7.81. The molecule has 0 aromatic heterocycles. The van der Waals surface area contributed by atoms with Crippen LogP contribution in [0.5, 0.6) is 0 Å². The van der Waals surface area contributed by atoms with Crippen molar-refractivity contribution in [2.45, 2.75) is 13.3 Å². The Morgan fingerprint density at radius 2 is 1.91 bits per heavy atom. The van der Waals surface area contributed by atoms with Gasteiger partial charge in [0.05, 0.1) is 28.6 Å². The molecule has 0 aliphatic rings. The molecule has 2 aromatic carbocycles. The highest BCUT2D eigenvalue weighted by Gasteiger charge is 2.14. The molecule has 0 radical (unpaired) electrons. The van der Waals surface area contributed by atoms with E-state index in [0.29, 0.717) is 39.3 Å². The number of esters is 1. The number of nitrogens with two attached hydrogens (primary N) is 1. The highest BCUT2D eigenvalue weighted by Crippen LogP contribution is 2.30. The van der Waals surface area contributed by atoms with Gasteiger partial charge in [0.2, 0.25) is 0 Å². The van der Waals surface area contributed by atoms with Gasteiger partial charge in [0.15, 0.2) is 0 Å². The number of carbonyl (C=O) groups excluding carboxylic acids is 1. The van der Waals surface area contributed by atoms with E-state index in [1.54, 1.807) is 36.4 Å². The topological polar surface area (TPSA) is 64.3 Å². The Labute approximate surface area is 139 Å². The average molecular weight is 339 g/mol. The van der Waals surface area contributed by atoms with Gasteiger partial charge in [-0.3, -0.25) is 0 Å². The van der Waals surface area contributed by atoms with Crippen LogP contribution in [0, 0.1) is 0 Å². The molecule has 0 amide bonds. The van der Waals surface area contributed by atoms with E-state index >= 15 is 0 Å². The highest BCUT2D eigenvalue weighted by molar-refractivity contribution is 6.36. The van der Waals surface area contributed by atoms with E-state index in [-0.39, 0.29) is 0 Å². The van der Waals surface area contributed by atoms with Crippen LogP contribution < -0.4 is 11.1 Å². The molecule has 0 saturated heterocycles. The van der Waals surface area contributed by atoms with Crippen molar-refractivity contribution in [2.75, 3.05) is 17.7 Å². The van der Waals surface area contributed by atoms with Crippen LogP contribution in [0.25, 0.3) is 0 Å². The summed E-state index contributed by atoms with van der Waals surface area (Å²) >= 11 is 12.0. The fraction of sp³-hybridized carbons (Fsp3) is 0.188. The van der Waals surface area contributed by atoms with Crippen molar-refractivity contribution < 1.29 is 9.53 Å². The van der Waals surface area contributed by atoms with Crippen LogP contribution in [-0.4, -0.2) is 12.6 Å². The molecule has 116 valence electrons. The van der Waals surface area contributed by atoms with Gasteiger partial charge in [0, 0.05) is 10.7 Å². The van der Waals surface area contributed by atoms with Crippen molar-refractivity contribution in [3.63, 3.8) is 0 Å². The van der Waals surface area contributed by atoms with Gasteiger partial charge in [-0.05, 0) is 42.8 Å². The molecule has 0 aliphatic carbocycles. The quantitative estimate of drug-likeness (QED) is 0.601. The number of hydrogen-bond donors (Lipinski definition) is 2. The lowest BCUT2D eigenvalue weighted by Gasteiger charge is -2.13. The summed E-state index contributed by atoms with van der Waals surface area (Å²) < 4.78 is 5.17. The Bertz CT molecular complexity index is 690. The van der Waals surface area contributed by atoms with Crippen molar-refractivity contribution >= 4 is 46.2 Å². The largest absolute Gasteiger partial charge is 0.462 e. The van der Waals surface area contributed by atoms with Crippen molar-refractivity contribution in [1.82, 2.24) is 0 Å². The molecule has 22 heavy (non-hydrogen) atoms. The normalized spacial score (nSPS) is 10.3. The number of hydrogen-bond acceptors (Lipinski definition) is 4. The zero-order valence-corrected chi connectivity index (χ0v) is 13.5. The molecular weight excluding hydrogens is 323 g/mol. The van der Waals surface area contributed by atoms with Crippen LogP contribution in [0.15, 0.2) is 36.4 Å². The van der Waals surface area contributed by atoms with Crippen molar-refractivity contribution in [3.8, 4) is 0 Å². The molecule has 0 unspecified atom stereocenters. The van der Waals surface area contributed by atoms with Gasteiger partial charge in [-0.15, -0.1) is 0 Å². The first-order valence-electron chi connectivity index (χ1n) is 6.80. The SMILES string of the molecule is CCCOC(=O)c1cc(N)ccc1Nc1ccc(Cl)cc1Cl. The summed E-state index contributed by atoms with van der Waals surface area (Å²) in [7, 11) is 0. The smallest absolute Gasteiger partial charge is 0.340 e. The van der Waals surface area contributed by atoms with E-state index in [0.717, 1.165) is 6.42 Å². The van der Waals surface area contributed by atoms with E-state index in [9.17, 15) is 4.79 Å². The first-order valence-corrected chi connectivity index (χ1v) is 7.55. The van der Waals surface area contributed by atoms with Gasteiger partial charge < -0.3 is 15.8 Å². The standard InChI is InChI=1S/C16H16Cl2N2O2/c1-2-7-22-16(21)12-9-11(19)4-6-14(12)20-15-5-3-10(17)8-13(15)18/h3-6,8-9,20H,2,7,19H2,1H3. The van der Waals surface area contributed by atoms with Crippen molar-refractivity contribution in [2.24, 2.45) is 0 Å². The van der Waals surface area contributed by atoms with E-state index in [2.05, 4.69) is 5.32 Å².